The molecule has 0 radical (unpaired) electrons. The van der Waals surface area contributed by atoms with Gasteiger partial charge in [-0.05, 0) is 12.8 Å². The van der Waals surface area contributed by atoms with E-state index in [1.807, 2.05) is 0 Å². The summed E-state index contributed by atoms with van der Waals surface area (Å²) in [5.74, 6) is 0.202. The molecule has 0 bridgehead atoms. The number of sulfone groups is 1. The van der Waals surface area contributed by atoms with Crippen LogP contribution in [0.25, 0.3) is 0 Å². The maximum Gasteiger partial charge on any atom is 0.150 e. The van der Waals surface area contributed by atoms with E-state index in [9.17, 15) is 18.6 Å². The van der Waals surface area contributed by atoms with Crippen molar-refractivity contribution in [1.29, 1.82) is 0 Å². The SMILES string of the molecule is Cl.O=S1(=O)CCC2(CC1)NCC(O)C2O. The standard InChI is InChI=1S/C8H15NO4S.ClH/c10-6-5-9-8(7(6)11)1-3-14(12,13)4-2-8;/h6-7,9-11H,1-5H2;1H. The Labute approximate surface area is 95.2 Å². The molecule has 7 heteroatoms. The van der Waals surface area contributed by atoms with Crippen molar-refractivity contribution in [3.8, 4) is 0 Å². The van der Waals surface area contributed by atoms with Gasteiger partial charge >= 0.3 is 0 Å². The zero-order valence-electron chi connectivity index (χ0n) is 8.22. The van der Waals surface area contributed by atoms with Crippen LogP contribution in [-0.2, 0) is 9.84 Å². The third kappa shape index (κ3) is 2.29. The Morgan fingerprint density at radius 1 is 1.20 bits per heavy atom. The van der Waals surface area contributed by atoms with Crippen molar-refractivity contribution in [1.82, 2.24) is 5.32 Å². The van der Waals surface area contributed by atoms with E-state index in [4.69, 9.17) is 0 Å². The fourth-order valence-corrected chi connectivity index (χ4v) is 3.82. The molecule has 0 aromatic rings. The Kier molecular flexibility index (Phi) is 3.67. The number of hydrogen-bond acceptors (Lipinski definition) is 5. The molecule has 5 nitrogen and oxygen atoms in total. The Balaban J connectivity index is 0.00000112. The van der Waals surface area contributed by atoms with Crippen LogP contribution in [0.5, 0.6) is 0 Å². The summed E-state index contributed by atoms with van der Waals surface area (Å²) in [5.41, 5.74) is -0.565. The topological polar surface area (TPSA) is 86.6 Å². The number of aliphatic hydroxyl groups is 2. The molecule has 0 aromatic heterocycles. The molecular weight excluding hydrogens is 242 g/mol. The molecule has 2 unspecified atom stereocenters. The van der Waals surface area contributed by atoms with E-state index in [2.05, 4.69) is 5.32 Å². The number of aliphatic hydroxyl groups excluding tert-OH is 2. The van der Waals surface area contributed by atoms with E-state index in [0.29, 0.717) is 19.4 Å². The number of halogens is 1. The highest BCUT2D eigenvalue weighted by atomic mass is 35.5. The van der Waals surface area contributed by atoms with Gasteiger partial charge in [-0.1, -0.05) is 0 Å². The monoisotopic (exact) mass is 257 g/mol. The third-order valence-corrected chi connectivity index (χ3v) is 4.96. The number of rotatable bonds is 0. The highest BCUT2D eigenvalue weighted by molar-refractivity contribution is 7.91. The van der Waals surface area contributed by atoms with Crippen molar-refractivity contribution in [2.75, 3.05) is 18.1 Å². The molecule has 0 saturated carbocycles. The van der Waals surface area contributed by atoms with Crippen LogP contribution in [0.2, 0.25) is 0 Å². The lowest BCUT2D eigenvalue weighted by molar-refractivity contribution is 0.00730. The second kappa shape index (κ2) is 4.18. The highest BCUT2D eigenvalue weighted by Crippen LogP contribution is 2.32. The zero-order valence-corrected chi connectivity index (χ0v) is 9.85. The first-order valence-electron chi connectivity index (χ1n) is 4.77. The second-order valence-corrected chi connectivity index (χ2v) is 6.50. The summed E-state index contributed by atoms with van der Waals surface area (Å²) >= 11 is 0. The van der Waals surface area contributed by atoms with Crippen LogP contribution >= 0.6 is 12.4 Å². The van der Waals surface area contributed by atoms with Crippen molar-refractivity contribution in [2.24, 2.45) is 0 Å². The van der Waals surface area contributed by atoms with Gasteiger partial charge in [0.15, 0.2) is 0 Å². The van der Waals surface area contributed by atoms with Gasteiger partial charge in [-0.3, -0.25) is 0 Å². The largest absolute Gasteiger partial charge is 0.389 e. The van der Waals surface area contributed by atoms with Crippen molar-refractivity contribution in [3.63, 3.8) is 0 Å². The molecule has 2 rings (SSSR count). The molecule has 2 fully saturated rings. The average molecular weight is 258 g/mol. The Morgan fingerprint density at radius 2 is 1.73 bits per heavy atom. The van der Waals surface area contributed by atoms with Gasteiger partial charge in [0, 0.05) is 12.1 Å². The predicted molar refractivity (Wildman–Crippen MR) is 57.9 cm³/mol. The van der Waals surface area contributed by atoms with Gasteiger partial charge in [-0.25, -0.2) is 8.42 Å². The Hall–Kier alpha value is 0.120. The van der Waals surface area contributed by atoms with Gasteiger partial charge in [-0.15, -0.1) is 12.4 Å². The Bertz CT molecular complexity index is 318. The average Bonchev–Trinajstić information content (AvgIpc) is 2.40. The normalized spacial score (nSPS) is 37.5. The minimum atomic E-state index is -2.92. The van der Waals surface area contributed by atoms with Crippen LogP contribution in [0.4, 0.5) is 0 Å². The Morgan fingerprint density at radius 3 is 2.13 bits per heavy atom. The summed E-state index contributed by atoms with van der Waals surface area (Å²) < 4.78 is 22.4. The fourth-order valence-electron chi connectivity index (χ4n) is 2.27. The summed E-state index contributed by atoms with van der Waals surface area (Å²) in [7, 11) is -2.92. The third-order valence-electron chi connectivity index (χ3n) is 3.31. The lowest BCUT2D eigenvalue weighted by Gasteiger charge is -2.36. The van der Waals surface area contributed by atoms with Gasteiger partial charge in [-0.2, -0.15) is 0 Å². The first kappa shape index (κ1) is 13.2. The fraction of sp³-hybridized carbons (Fsp3) is 1.00. The molecule has 0 aliphatic carbocycles. The smallest absolute Gasteiger partial charge is 0.150 e. The van der Waals surface area contributed by atoms with E-state index >= 15 is 0 Å². The second-order valence-electron chi connectivity index (χ2n) is 4.20. The summed E-state index contributed by atoms with van der Waals surface area (Å²) in [4.78, 5) is 0. The van der Waals surface area contributed by atoms with Gasteiger partial charge in [0.1, 0.15) is 9.84 Å². The summed E-state index contributed by atoms with van der Waals surface area (Å²) in [6.45, 7) is 0.348. The summed E-state index contributed by atoms with van der Waals surface area (Å²) in [6.07, 6.45) is -0.810. The minimum Gasteiger partial charge on any atom is -0.389 e. The van der Waals surface area contributed by atoms with Crippen LogP contribution in [-0.4, -0.2) is 54.4 Å². The molecule has 2 heterocycles. The zero-order chi connectivity index (χ0) is 10.4. The molecule has 90 valence electrons. The lowest BCUT2D eigenvalue weighted by Crippen LogP contribution is -2.54. The molecule has 15 heavy (non-hydrogen) atoms. The maximum absolute atomic E-state index is 11.2. The molecule has 2 atom stereocenters. The van der Waals surface area contributed by atoms with Gasteiger partial charge < -0.3 is 15.5 Å². The van der Waals surface area contributed by atoms with E-state index < -0.39 is 27.6 Å². The maximum atomic E-state index is 11.2. The van der Waals surface area contributed by atoms with Crippen LogP contribution in [0, 0.1) is 0 Å². The van der Waals surface area contributed by atoms with E-state index in [0.717, 1.165) is 0 Å². The molecular formula is C8H16ClNO4S. The molecule has 0 aromatic carbocycles. The van der Waals surface area contributed by atoms with Crippen molar-refractivity contribution < 1.29 is 18.6 Å². The van der Waals surface area contributed by atoms with Gasteiger partial charge in [0.25, 0.3) is 0 Å². The molecule has 2 aliphatic heterocycles. The van der Waals surface area contributed by atoms with Crippen LogP contribution in [0.3, 0.4) is 0 Å². The first-order chi connectivity index (χ1) is 6.45. The van der Waals surface area contributed by atoms with Crippen molar-refractivity contribution >= 4 is 22.2 Å². The lowest BCUT2D eigenvalue weighted by atomic mass is 9.87. The first-order valence-corrected chi connectivity index (χ1v) is 6.59. The summed E-state index contributed by atoms with van der Waals surface area (Å²) in [6, 6.07) is 0. The number of β-amino-alcohol motifs (C(OH)–C–C–N with tert-alkyl or cyclic N) is 1. The van der Waals surface area contributed by atoms with Crippen molar-refractivity contribution in [2.45, 2.75) is 30.6 Å². The molecule has 1 spiro atoms. The van der Waals surface area contributed by atoms with E-state index in [-0.39, 0.29) is 23.9 Å². The molecule has 2 aliphatic rings. The number of hydrogen-bond donors (Lipinski definition) is 3. The minimum absolute atomic E-state index is 0. The number of nitrogens with one attached hydrogen (secondary N) is 1. The molecule has 2 saturated heterocycles. The van der Waals surface area contributed by atoms with Crippen LogP contribution in [0.15, 0.2) is 0 Å². The van der Waals surface area contributed by atoms with Gasteiger partial charge in [0.05, 0.1) is 23.7 Å². The van der Waals surface area contributed by atoms with Crippen molar-refractivity contribution in [3.05, 3.63) is 0 Å². The predicted octanol–water partition coefficient (Wildman–Crippen LogP) is -1.32. The van der Waals surface area contributed by atoms with E-state index in [1.165, 1.54) is 0 Å². The summed E-state index contributed by atoms with van der Waals surface area (Å²) in [5, 5.41) is 22.2. The molecule has 0 amide bonds. The van der Waals surface area contributed by atoms with Gasteiger partial charge in [0.2, 0.25) is 0 Å². The van der Waals surface area contributed by atoms with Crippen LogP contribution < -0.4 is 5.32 Å². The quantitative estimate of drug-likeness (QED) is 0.501. The molecule has 3 N–H and O–H groups in total. The van der Waals surface area contributed by atoms with E-state index in [1.54, 1.807) is 0 Å². The van der Waals surface area contributed by atoms with Crippen LogP contribution in [0.1, 0.15) is 12.8 Å². The highest BCUT2D eigenvalue weighted by Gasteiger charge is 2.49.